The van der Waals surface area contributed by atoms with E-state index >= 15 is 0 Å². The molecule has 7 heteroatoms. The van der Waals surface area contributed by atoms with Gasteiger partial charge in [0, 0.05) is 36.1 Å². The Morgan fingerprint density at radius 2 is 1.65 bits per heavy atom. The fraction of sp³-hybridized carbons (Fsp3) is 0.263. The summed E-state index contributed by atoms with van der Waals surface area (Å²) < 4.78 is 0. The number of nitrogens with one attached hydrogen (secondary N) is 2. The Bertz CT molecular complexity index is 694. The minimum Gasteiger partial charge on any atom is -0.354 e. The van der Waals surface area contributed by atoms with Crippen molar-refractivity contribution < 1.29 is 9.59 Å². The Morgan fingerprint density at radius 3 is 2.31 bits per heavy atom. The second kappa shape index (κ2) is 11.5. The first kappa shape index (κ1) is 22.0. The molecule has 0 aromatic heterocycles. The van der Waals surface area contributed by atoms with Crippen molar-refractivity contribution >= 4 is 35.8 Å². The monoisotopic (exact) mass is 395 g/mol. The molecule has 1 atom stereocenters. The number of nitrogens with two attached hydrogens (primary N) is 1. The summed E-state index contributed by atoms with van der Waals surface area (Å²) in [6.07, 6.45) is 0.897. The van der Waals surface area contributed by atoms with Crippen LogP contribution in [-0.4, -0.2) is 24.9 Å². The quantitative estimate of drug-likeness (QED) is 0.600. The third kappa shape index (κ3) is 7.44. The zero-order valence-electron chi connectivity index (χ0n) is 14.3. The number of rotatable bonds is 8. The van der Waals surface area contributed by atoms with Crippen molar-refractivity contribution in [1.82, 2.24) is 10.6 Å². The summed E-state index contributed by atoms with van der Waals surface area (Å²) in [7, 11) is 0. The van der Waals surface area contributed by atoms with Crippen LogP contribution >= 0.6 is 24.0 Å². The van der Waals surface area contributed by atoms with Crippen LogP contribution in [0.3, 0.4) is 0 Å². The van der Waals surface area contributed by atoms with Gasteiger partial charge < -0.3 is 16.4 Å². The standard InChI is InChI=1S/C19H22ClN3O2.ClH/c20-16-10-8-15(9-11-16)19(25)22-12-4-7-18(24)23-13-17(21)14-5-2-1-3-6-14;/h1-3,5-6,8-11,17H,4,7,12-13,21H2,(H,22,25)(H,23,24);1H. The minimum absolute atomic E-state index is 0. The first-order chi connectivity index (χ1) is 12.1. The van der Waals surface area contributed by atoms with Gasteiger partial charge in [0.25, 0.3) is 5.91 Å². The predicted octanol–water partition coefficient (Wildman–Crippen LogP) is 3.09. The third-order valence-corrected chi connectivity index (χ3v) is 3.97. The van der Waals surface area contributed by atoms with E-state index in [0.29, 0.717) is 36.5 Å². The van der Waals surface area contributed by atoms with Crippen molar-refractivity contribution in [1.29, 1.82) is 0 Å². The van der Waals surface area contributed by atoms with E-state index in [4.69, 9.17) is 17.3 Å². The summed E-state index contributed by atoms with van der Waals surface area (Å²) in [5.74, 6) is -0.254. The maximum absolute atomic E-state index is 11.9. The molecule has 0 heterocycles. The summed E-state index contributed by atoms with van der Waals surface area (Å²) in [6.45, 7) is 0.819. The minimum atomic E-state index is -0.227. The normalized spacial score (nSPS) is 11.2. The van der Waals surface area contributed by atoms with Gasteiger partial charge in [-0.05, 0) is 36.2 Å². The van der Waals surface area contributed by atoms with E-state index in [0.717, 1.165) is 5.56 Å². The molecule has 0 aliphatic heterocycles. The molecule has 0 bridgehead atoms. The van der Waals surface area contributed by atoms with Gasteiger partial charge in [0.15, 0.2) is 0 Å². The summed E-state index contributed by atoms with van der Waals surface area (Å²) in [4.78, 5) is 23.7. The Balaban J connectivity index is 0.00000338. The second-order valence-electron chi connectivity index (χ2n) is 5.69. The smallest absolute Gasteiger partial charge is 0.251 e. The summed E-state index contributed by atoms with van der Waals surface area (Å²) >= 11 is 5.78. The van der Waals surface area contributed by atoms with E-state index in [-0.39, 0.29) is 30.3 Å². The van der Waals surface area contributed by atoms with Crippen LogP contribution < -0.4 is 16.4 Å². The molecule has 0 aliphatic rings. The predicted molar refractivity (Wildman–Crippen MR) is 107 cm³/mol. The van der Waals surface area contributed by atoms with Crippen molar-refractivity contribution in [2.45, 2.75) is 18.9 Å². The molecule has 26 heavy (non-hydrogen) atoms. The number of hydrogen-bond donors (Lipinski definition) is 3. The average molecular weight is 396 g/mol. The van der Waals surface area contributed by atoms with E-state index in [1.807, 2.05) is 30.3 Å². The third-order valence-electron chi connectivity index (χ3n) is 3.72. The molecular weight excluding hydrogens is 373 g/mol. The van der Waals surface area contributed by atoms with E-state index in [2.05, 4.69) is 10.6 Å². The fourth-order valence-corrected chi connectivity index (χ4v) is 2.41. The summed E-state index contributed by atoms with van der Waals surface area (Å²) in [5, 5.41) is 6.18. The SMILES string of the molecule is Cl.NC(CNC(=O)CCCNC(=O)c1ccc(Cl)cc1)c1ccccc1. The molecule has 2 aromatic rings. The van der Waals surface area contributed by atoms with E-state index in [9.17, 15) is 9.59 Å². The maximum Gasteiger partial charge on any atom is 0.251 e. The highest BCUT2D eigenvalue weighted by Crippen LogP contribution is 2.09. The lowest BCUT2D eigenvalue weighted by atomic mass is 10.1. The lowest BCUT2D eigenvalue weighted by Crippen LogP contribution is -2.32. The van der Waals surface area contributed by atoms with Gasteiger partial charge in [-0.25, -0.2) is 0 Å². The van der Waals surface area contributed by atoms with Crippen molar-refractivity contribution in [3.8, 4) is 0 Å². The number of hydrogen-bond acceptors (Lipinski definition) is 3. The first-order valence-corrected chi connectivity index (χ1v) is 8.55. The molecule has 0 saturated heterocycles. The number of benzene rings is 2. The van der Waals surface area contributed by atoms with Gasteiger partial charge in [-0.1, -0.05) is 41.9 Å². The van der Waals surface area contributed by atoms with Crippen molar-refractivity contribution in [3.05, 3.63) is 70.7 Å². The second-order valence-corrected chi connectivity index (χ2v) is 6.12. The van der Waals surface area contributed by atoms with Gasteiger partial charge in [0.1, 0.15) is 0 Å². The number of carbonyl (C=O) groups excluding carboxylic acids is 2. The van der Waals surface area contributed by atoms with Crippen LogP contribution in [0.15, 0.2) is 54.6 Å². The lowest BCUT2D eigenvalue weighted by Gasteiger charge is -2.13. The largest absolute Gasteiger partial charge is 0.354 e. The molecule has 0 aliphatic carbocycles. The number of halogens is 2. The van der Waals surface area contributed by atoms with Crippen LogP contribution in [0.25, 0.3) is 0 Å². The highest BCUT2D eigenvalue weighted by Gasteiger charge is 2.08. The summed E-state index contributed by atoms with van der Waals surface area (Å²) in [6, 6.07) is 16.1. The van der Waals surface area contributed by atoms with Crippen LogP contribution in [-0.2, 0) is 4.79 Å². The topological polar surface area (TPSA) is 84.2 Å². The van der Waals surface area contributed by atoms with Gasteiger partial charge in [0.05, 0.1) is 0 Å². The first-order valence-electron chi connectivity index (χ1n) is 8.17. The van der Waals surface area contributed by atoms with Crippen LogP contribution in [0.2, 0.25) is 5.02 Å². The Hall–Kier alpha value is -2.08. The Labute approximate surface area is 164 Å². The molecule has 1 unspecified atom stereocenters. The molecule has 2 aromatic carbocycles. The van der Waals surface area contributed by atoms with Crippen molar-refractivity contribution in [2.24, 2.45) is 5.73 Å². The highest BCUT2D eigenvalue weighted by molar-refractivity contribution is 6.30. The Kier molecular flexibility index (Phi) is 9.73. The van der Waals surface area contributed by atoms with Crippen molar-refractivity contribution in [3.63, 3.8) is 0 Å². The van der Waals surface area contributed by atoms with Crippen LogP contribution in [0.1, 0.15) is 34.8 Å². The van der Waals surface area contributed by atoms with Gasteiger partial charge in [0.2, 0.25) is 5.91 Å². The molecule has 2 rings (SSSR count). The van der Waals surface area contributed by atoms with Crippen LogP contribution in [0.5, 0.6) is 0 Å². The molecule has 0 spiro atoms. The maximum atomic E-state index is 11.9. The van der Waals surface area contributed by atoms with Crippen molar-refractivity contribution in [2.75, 3.05) is 13.1 Å². The van der Waals surface area contributed by atoms with Gasteiger partial charge >= 0.3 is 0 Å². The number of carbonyl (C=O) groups is 2. The zero-order chi connectivity index (χ0) is 18.1. The van der Waals surface area contributed by atoms with Gasteiger partial charge in [-0.3, -0.25) is 9.59 Å². The molecule has 2 amide bonds. The molecule has 0 fully saturated rings. The molecule has 5 nitrogen and oxygen atoms in total. The molecule has 0 saturated carbocycles. The number of amides is 2. The lowest BCUT2D eigenvalue weighted by molar-refractivity contribution is -0.121. The van der Waals surface area contributed by atoms with E-state index in [1.54, 1.807) is 24.3 Å². The average Bonchev–Trinajstić information content (AvgIpc) is 2.64. The molecule has 4 N–H and O–H groups in total. The van der Waals surface area contributed by atoms with Crippen LogP contribution in [0, 0.1) is 0 Å². The summed E-state index contributed by atoms with van der Waals surface area (Å²) in [5.41, 5.74) is 7.56. The molecule has 140 valence electrons. The van der Waals surface area contributed by atoms with Gasteiger partial charge in [-0.2, -0.15) is 0 Å². The van der Waals surface area contributed by atoms with E-state index in [1.165, 1.54) is 0 Å². The zero-order valence-corrected chi connectivity index (χ0v) is 15.9. The van der Waals surface area contributed by atoms with Gasteiger partial charge in [-0.15, -0.1) is 12.4 Å². The Morgan fingerprint density at radius 1 is 1.00 bits per heavy atom. The molecule has 0 radical (unpaired) electrons. The fourth-order valence-electron chi connectivity index (χ4n) is 2.28. The van der Waals surface area contributed by atoms with E-state index < -0.39 is 0 Å². The molecular formula is C19H23Cl2N3O2. The van der Waals surface area contributed by atoms with Crippen LogP contribution in [0.4, 0.5) is 0 Å². The highest BCUT2D eigenvalue weighted by atomic mass is 35.5.